The zero-order valence-corrected chi connectivity index (χ0v) is 8.29. The van der Waals surface area contributed by atoms with Gasteiger partial charge in [0, 0.05) is 19.7 Å². The summed E-state index contributed by atoms with van der Waals surface area (Å²) in [7, 11) is 0. The van der Waals surface area contributed by atoms with E-state index in [1.807, 2.05) is 0 Å². The molecule has 1 aliphatic heterocycles. The van der Waals surface area contributed by atoms with E-state index >= 15 is 0 Å². The van der Waals surface area contributed by atoms with E-state index in [0.717, 1.165) is 5.92 Å². The lowest BCUT2D eigenvalue weighted by Crippen LogP contribution is -2.45. The van der Waals surface area contributed by atoms with Crippen molar-refractivity contribution in [1.29, 1.82) is 0 Å². The second-order valence-corrected chi connectivity index (χ2v) is 4.29. The smallest absolute Gasteiger partial charge is 0.0456 e. The predicted octanol–water partition coefficient (Wildman–Crippen LogP) is 1.35. The summed E-state index contributed by atoms with van der Waals surface area (Å²) in [4.78, 5) is 2.49. The normalized spacial score (nSPS) is 22.2. The summed E-state index contributed by atoms with van der Waals surface area (Å²) in [6, 6.07) is 0. The van der Waals surface area contributed by atoms with Crippen LogP contribution in [0, 0.1) is 11.8 Å². The predicted molar refractivity (Wildman–Crippen MR) is 51.1 cm³/mol. The molecule has 0 spiro atoms. The van der Waals surface area contributed by atoms with Gasteiger partial charge in [-0.1, -0.05) is 13.8 Å². The third-order valence-corrected chi connectivity index (χ3v) is 2.62. The molecule has 1 saturated heterocycles. The largest absolute Gasteiger partial charge is 0.396 e. The minimum Gasteiger partial charge on any atom is -0.396 e. The van der Waals surface area contributed by atoms with E-state index < -0.39 is 0 Å². The Morgan fingerprint density at radius 2 is 2.17 bits per heavy atom. The molecule has 0 aromatic carbocycles. The summed E-state index contributed by atoms with van der Waals surface area (Å²) in [5.41, 5.74) is 0. The molecular weight excluding hydrogens is 150 g/mol. The molecule has 1 heterocycles. The molecule has 1 N–H and O–H groups in total. The van der Waals surface area contributed by atoms with Crippen molar-refractivity contribution < 1.29 is 5.11 Å². The van der Waals surface area contributed by atoms with Crippen LogP contribution in [0.2, 0.25) is 0 Å². The first-order valence-corrected chi connectivity index (χ1v) is 5.05. The molecule has 1 atom stereocenters. The Balaban J connectivity index is 1.89. The molecule has 0 saturated carbocycles. The van der Waals surface area contributed by atoms with E-state index in [9.17, 15) is 0 Å². The Kier molecular flexibility index (Phi) is 4.02. The molecule has 12 heavy (non-hydrogen) atoms. The first-order valence-electron chi connectivity index (χ1n) is 5.05. The fraction of sp³-hybridized carbons (Fsp3) is 1.00. The van der Waals surface area contributed by atoms with Crippen molar-refractivity contribution in [3.05, 3.63) is 0 Å². The van der Waals surface area contributed by atoms with Gasteiger partial charge in [-0.25, -0.2) is 0 Å². The number of rotatable bonds is 5. The highest BCUT2D eigenvalue weighted by Gasteiger charge is 2.21. The maximum Gasteiger partial charge on any atom is 0.0456 e. The average Bonchev–Trinajstić information content (AvgIpc) is 2.01. The zero-order chi connectivity index (χ0) is 8.97. The molecule has 0 aliphatic carbocycles. The van der Waals surface area contributed by atoms with Crippen molar-refractivity contribution in [1.82, 2.24) is 4.90 Å². The van der Waals surface area contributed by atoms with Gasteiger partial charge in [0.2, 0.25) is 0 Å². The van der Waals surface area contributed by atoms with E-state index in [2.05, 4.69) is 18.7 Å². The fourth-order valence-electron chi connectivity index (χ4n) is 1.77. The van der Waals surface area contributed by atoms with Crippen LogP contribution in [0.5, 0.6) is 0 Å². The number of nitrogens with zero attached hydrogens (tertiary/aromatic N) is 1. The SMILES string of the molecule is CC(CO)CCCN1CC(C)C1. The fourth-order valence-corrected chi connectivity index (χ4v) is 1.77. The molecule has 1 rings (SSSR count). The van der Waals surface area contributed by atoms with Crippen LogP contribution >= 0.6 is 0 Å². The molecule has 0 radical (unpaired) electrons. The van der Waals surface area contributed by atoms with Gasteiger partial charge in [0.25, 0.3) is 0 Å². The lowest BCUT2D eigenvalue weighted by molar-refractivity contribution is 0.107. The van der Waals surface area contributed by atoms with Crippen LogP contribution in [0.25, 0.3) is 0 Å². The van der Waals surface area contributed by atoms with Crippen molar-refractivity contribution in [2.45, 2.75) is 26.7 Å². The van der Waals surface area contributed by atoms with E-state index in [1.54, 1.807) is 0 Å². The van der Waals surface area contributed by atoms with E-state index in [1.165, 1.54) is 32.5 Å². The van der Waals surface area contributed by atoms with Gasteiger partial charge in [-0.3, -0.25) is 0 Å². The highest BCUT2D eigenvalue weighted by Crippen LogP contribution is 2.15. The summed E-state index contributed by atoms with van der Waals surface area (Å²) < 4.78 is 0. The quantitative estimate of drug-likeness (QED) is 0.675. The van der Waals surface area contributed by atoms with Gasteiger partial charge >= 0.3 is 0 Å². The Bertz CT molecular complexity index is 121. The topological polar surface area (TPSA) is 23.5 Å². The molecule has 0 aromatic heterocycles. The Hall–Kier alpha value is -0.0800. The lowest BCUT2D eigenvalue weighted by Gasteiger charge is -2.37. The number of hydrogen-bond acceptors (Lipinski definition) is 2. The highest BCUT2D eigenvalue weighted by molar-refractivity contribution is 4.75. The monoisotopic (exact) mass is 171 g/mol. The highest BCUT2D eigenvalue weighted by atomic mass is 16.3. The van der Waals surface area contributed by atoms with Crippen molar-refractivity contribution in [2.75, 3.05) is 26.2 Å². The number of aliphatic hydroxyl groups excluding tert-OH is 1. The molecule has 0 amide bonds. The molecular formula is C10H21NO. The van der Waals surface area contributed by atoms with Crippen LogP contribution in [-0.4, -0.2) is 36.2 Å². The average molecular weight is 171 g/mol. The van der Waals surface area contributed by atoms with Gasteiger partial charge in [-0.05, 0) is 31.2 Å². The van der Waals surface area contributed by atoms with Crippen LogP contribution in [0.1, 0.15) is 26.7 Å². The Labute approximate surface area is 75.6 Å². The van der Waals surface area contributed by atoms with Gasteiger partial charge in [-0.15, -0.1) is 0 Å². The molecule has 0 aromatic rings. The standard InChI is InChI=1S/C10H21NO/c1-9(8-12)4-3-5-11-6-10(2)7-11/h9-10,12H,3-8H2,1-2H3. The molecule has 72 valence electrons. The lowest BCUT2D eigenvalue weighted by atomic mass is 10.0. The van der Waals surface area contributed by atoms with Crippen molar-refractivity contribution in [3.8, 4) is 0 Å². The summed E-state index contributed by atoms with van der Waals surface area (Å²) in [5.74, 6) is 1.41. The van der Waals surface area contributed by atoms with Crippen molar-refractivity contribution >= 4 is 0 Å². The first-order chi connectivity index (χ1) is 5.72. The van der Waals surface area contributed by atoms with Crippen LogP contribution < -0.4 is 0 Å². The Morgan fingerprint density at radius 3 is 2.67 bits per heavy atom. The molecule has 1 unspecified atom stereocenters. The number of aliphatic hydroxyl groups is 1. The summed E-state index contributed by atoms with van der Waals surface area (Å²) >= 11 is 0. The van der Waals surface area contributed by atoms with E-state index in [-0.39, 0.29) is 0 Å². The van der Waals surface area contributed by atoms with Gasteiger partial charge in [-0.2, -0.15) is 0 Å². The minimum absolute atomic E-state index is 0.344. The molecule has 0 bridgehead atoms. The molecule has 2 nitrogen and oxygen atoms in total. The van der Waals surface area contributed by atoms with Crippen molar-refractivity contribution in [3.63, 3.8) is 0 Å². The summed E-state index contributed by atoms with van der Waals surface area (Å²) in [5, 5.41) is 8.80. The van der Waals surface area contributed by atoms with E-state index in [4.69, 9.17) is 5.11 Å². The number of likely N-dealkylation sites (tertiary alicyclic amines) is 1. The molecule has 2 heteroatoms. The third kappa shape index (κ3) is 3.11. The first kappa shape index (κ1) is 10.0. The molecule has 1 aliphatic rings. The second-order valence-electron chi connectivity index (χ2n) is 4.29. The zero-order valence-electron chi connectivity index (χ0n) is 8.29. The third-order valence-electron chi connectivity index (χ3n) is 2.62. The number of hydrogen-bond donors (Lipinski definition) is 1. The Morgan fingerprint density at radius 1 is 1.50 bits per heavy atom. The maximum absolute atomic E-state index is 8.80. The van der Waals surface area contributed by atoms with Gasteiger partial charge in [0.05, 0.1) is 0 Å². The van der Waals surface area contributed by atoms with Crippen LogP contribution in [0.4, 0.5) is 0 Å². The molecule has 1 fully saturated rings. The van der Waals surface area contributed by atoms with E-state index in [0.29, 0.717) is 12.5 Å². The van der Waals surface area contributed by atoms with Crippen LogP contribution in [-0.2, 0) is 0 Å². The van der Waals surface area contributed by atoms with Gasteiger partial charge < -0.3 is 10.0 Å². The second kappa shape index (κ2) is 4.83. The summed E-state index contributed by atoms with van der Waals surface area (Å²) in [6.45, 7) is 8.55. The van der Waals surface area contributed by atoms with Gasteiger partial charge in [0.15, 0.2) is 0 Å². The van der Waals surface area contributed by atoms with Crippen molar-refractivity contribution in [2.24, 2.45) is 11.8 Å². The van der Waals surface area contributed by atoms with Crippen LogP contribution in [0.3, 0.4) is 0 Å². The summed E-state index contributed by atoms with van der Waals surface area (Å²) in [6.07, 6.45) is 2.41. The van der Waals surface area contributed by atoms with Crippen LogP contribution in [0.15, 0.2) is 0 Å². The maximum atomic E-state index is 8.80. The minimum atomic E-state index is 0.344. The van der Waals surface area contributed by atoms with Gasteiger partial charge in [0.1, 0.15) is 0 Å².